The summed E-state index contributed by atoms with van der Waals surface area (Å²) in [5.74, 6) is -1.32. The second kappa shape index (κ2) is 2.85. The molecule has 0 aromatic carbocycles. The van der Waals surface area contributed by atoms with Crippen molar-refractivity contribution in [3.05, 3.63) is 0 Å². The Bertz CT molecular complexity index is 318. The van der Waals surface area contributed by atoms with Crippen molar-refractivity contribution in [3.63, 3.8) is 0 Å². The van der Waals surface area contributed by atoms with E-state index < -0.39 is 26.9 Å². The molecule has 1 fully saturated rings. The molecule has 1 heterocycles. The molecular weight excluding hydrogens is 182 g/mol. The Labute approximate surface area is 70.1 Å². The first-order valence-corrected chi connectivity index (χ1v) is 5.24. The molecule has 68 valence electrons. The number of rotatable bonds is 2. The van der Waals surface area contributed by atoms with Crippen LogP contribution in [-0.4, -0.2) is 31.2 Å². The van der Waals surface area contributed by atoms with Gasteiger partial charge in [0.25, 0.3) is 0 Å². The first kappa shape index (κ1) is 9.18. The summed E-state index contributed by atoms with van der Waals surface area (Å²) in [6, 6.07) is 0. The first-order valence-electron chi connectivity index (χ1n) is 3.52. The first-order chi connectivity index (χ1) is 5.47. The molecule has 0 aromatic heterocycles. The van der Waals surface area contributed by atoms with E-state index in [4.69, 9.17) is 0 Å². The Morgan fingerprint density at radius 3 is 2.42 bits per heavy atom. The molecule has 2 amide bonds. The third-order valence-electron chi connectivity index (χ3n) is 1.76. The molecule has 1 unspecified atom stereocenters. The predicted octanol–water partition coefficient (Wildman–Crippen LogP) is -1.16. The second-order valence-electron chi connectivity index (χ2n) is 2.56. The van der Waals surface area contributed by atoms with Gasteiger partial charge in [0.1, 0.15) is 5.25 Å². The molecule has 0 aliphatic carbocycles. The highest BCUT2D eigenvalue weighted by molar-refractivity contribution is 7.92. The van der Waals surface area contributed by atoms with Gasteiger partial charge in [-0.3, -0.25) is 14.9 Å². The van der Waals surface area contributed by atoms with Crippen LogP contribution in [0.2, 0.25) is 0 Å². The fraction of sp³-hybridized carbons (Fsp3) is 0.667. The highest BCUT2D eigenvalue weighted by atomic mass is 32.2. The van der Waals surface area contributed by atoms with E-state index in [1.165, 1.54) is 6.92 Å². The topological polar surface area (TPSA) is 80.3 Å². The number of nitrogens with one attached hydrogen (secondary N) is 1. The summed E-state index contributed by atoms with van der Waals surface area (Å²) in [6.45, 7) is 1.45. The molecule has 0 aromatic rings. The van der Waals surface area contributed by atoms with Crippen LogP contribution in [0.3, 0.4) is 0 Å². The fourth-order valence-corrected chi connectivity index (χ4v) is 2.21. The van der Waals surface area contributed by atoms with E-state index in [9.17, 15) is 18.0 Å². The van der Waals surface area contributed by atoms with Crippen LogP contribution in [0.15, 0.2) is 0 Å². The number of amides is 2. The van der Waals surface area contributed by atoms with Crippen molar-refractivity contribution in [3.8, 4) is 0 Å². The van der Waals surface area contributed by atoms with E-state index in [2.05, 4.69) is 0 Å². The van der Waals surface area contributed by atoms with Crippen LogP contribution in [0, 0.1) is 0 Å². The van der Waals surface area contributed by atoms with Gasteiger partial charge in [0.05, 0.1) is 6.42 Å². The van der Waals surface area contributed by atoms with Crippen LogP contribution in [0.5, 0.6) is 0 Å². The van der Waals surface area contributed by atoms with Crippen LogP contribution in [0.4, 0.5) is 0 Å². The van der Waals surface area contributed by atoms with Crippen LogP contribution in [0.1, 0.15) is 13.3 Å². The number of imide groups is 1. The van der Waals surface area contributed by atoms with Gasteiger partial charge in [0, 0.05) is 5.75 Å². The third kappa shape index (κ3) is 1.47. The van der Waals surface area contributed by atoms with E-state index in [1.807, 2.05) is 5.32 Å². The Hall–Kier alpha value is -0.910. The standard InChI is InChI=1S/C6H9NO4S/c1-2-12(10,11)4-3-5(8)7-6(4)9/h4H,2-3H2,1H3,(H,7,8,9). The Morgan fingerprint density at radius 1 is 1.50 bits per heavy atom. The SMILES string of the molecule is CCS(=O)(=O)C1CC(=O)NC1=O. The van der Waals surface area contributed by atoms with Gasteiger partial charge in [-0.1, -0.05) is 6.92 Å². The van der Waals surface area contributed by atoms with Crippen molar-refractivity contribution in [2.45, 2.75) is 18.6 Å². The molecule has 0 saturated carbocycles. The zero-order valence-electron chi connectivity index (χ0n) is 6.53. The van der Waals surface area contributed by atoms with Gasteiger partial charge in [0.2, 0.25) is 11.8 Å². The van der Waals surface area contributed by atoms with Gasteiger partial charge in [-0.05, 0) is 0 Å². The number of hydrogen-bond acceptors (Lipinski definition) is 4. The van der Waals surface area contributed by atoms with Crippen molar-refractivity contribution in [1.29, 1.82) is 0 Å². The lowest BCUT2D eigenvalue weighted by Gasteiger charge is -2.03. The van der Waals surface area contributed by atoms with Gasteiger partial charge >= 0.3 is 0 Å². The normalized spacial score (nSPS) is 24.2. The lowest BCUT2D eigenvalue weighted by atomic mass is 10.4. The molecule has 1 atom stereocenters. The molecule has 0 spiro atoms. The minimum atomic E-state index is -3.41. The van der Waals surface area contributed by atoms with Crippen molar-refractivity contribution in [2.75, 3.05) is 5.75 Å². The predicted molar refractivity (Wildman–Crippen MR) is 41.0 cm³/mol. The minimum Gasteiger partial charge on any atom is -0.295 e. The Balaban J connectivity index is 2.92. The second-order valence-corrected chi connectivity index (χ2v) is 5.03. The molecule has 5 nitrogen and oxygen atoms in total. The van der Waals surface area contributed by atoms with E-state index in [0.29, 0.717) is 0 Å². The maximum Gasteiger partial charge on any atom is 0.245 e. The maximum absolute atomic E-state index is 11.1. The van der Waals surface area contributed by atoms with Gasteiger partial charge in [-0.2, -0.15) is 0 Å². The highest BCUT2D eigenvalue weighted by Crippen LogP contribution is 2.12. The van der Waals surface area contributed by atoms with Crippen molar-refractivity contribution < 1.29 is 18.0 Å². The van der Waals surface area contributed by atoms with E-state index >= 15 is 0 Å². The Kier molecular flexibility index (Phi) is 2.18. The Morgan fingerprint density at radius 2 is 2.08 bits per heavy atom. The van der Waals surface area contributed by atoms with E-state index in [0.717, 1.165) is 0 Å². The summed E-state index contributed by atoms with van der Waals surface area (Å²) in [4.78, 5) is 21.5. The lowest BCUT2D eigenvalue weighted by Crippen LogP contribution is -2.31. The smallest absolute Gasteiger partial charge is 0.245 e. The van der Waals surface area contributed by atoms with Crippen molar-refractivity contribution >= 4 is 21.7 Å². The van der Waals surface area contributed by atoms with Gasteiger partial charge in [-0.15, -0.1) is 0 Å². The largest absolute Gasteiger partial charge is 0.295 e. The molecular formula is C6H9NO4S. The summed E-state index contributed by atoms with van der Waals surface area (Å²) in [5.41, 5.74) is 0. The molecule has 1 aliphatic rings. The molecule has 0 radical (unpaired) electrons. The van der Waals surface area contributed by atoms with E-state index in [-0.39, 0.29) is 12.2 Å². The zero-order valence-corrected chi connectivity index (χ0v) is 7.35. The molecule has 12 heavy (non-hydrogen) atoms. The monoisotopic (exact) mass is 191 g/mol. The molecule has 0 bridgehead atoms. The molecule has 1 saturated heterocycles. The van der Waals surface area contributed by atoms with Crippen LogP contribution < -0.4 is 5.32 Å². The number of hydrogen-bond donors (Lipinski definition) is 1. The third-order valence-corrected chi connectivity index (χ3v) is 3.81. The van der Waals surface area contributed by atoms with Gasteiger partial charge in [-0.25, -0.2) is 8.42 Å². The summed E-state index contributed by atoms with van der Waals surface area (Å²) >= 11 is 0. The van der Waals surface area contributed by atoms with Crippen molar-refractivity contribution in [1.82, 2.24) is 5.32 Å². The van der Waals surface area contributed by atoms with Crippen molar-refractivity contribution in [2.24, 2.45) is 0 Å². The molecule has 1 aliphatic heterocycles. The minimum absolute atomic E-state index is 0.113. The summed E-state index contributed by atoms with van der Waals surface area (Å²) in [7, 11) is -3.41. The number of sulfone groups is 1. The highest BCUT2D eigenvalue weighted by Gasteiger charge is 2.39. The number of carbonyl (C=O) groups is 2. The average Bonchev–Trinajstić information content (AvgIpc) is 2.31. The van der Waals surface area contributed by atoms with Gasteiger partial charge < -0.3 is 0 Å². The zero-order chi connectivity index (χ0) is 9.35. The lowest BCUT2D eigenvalue weighted by molar-refractivity contribution is -0.124. The maximum atomic E-state index is 11.1. The molecule has 1 N–H and O–H groups in total. The number of carbonyl (C=O) groups excluding carboxylic acids is 2. The molecule has 1 rings (SSSR count). The van der Waals surface area contributed by atoms with Crippen LogP contribution in [0.25, 0.3) is 0 Å². The van der Waals surface area contributed by atoms with Gasteiger partial charge in [0.15, 0.2) is 9.84 Å². The average molecular weight is 191 g/mol. The summed E-state index contributed by atoms with van der Waals surface area (Å²) in [5, 5.41) is 0.793. The summed E-state index contributed by atoms with van der Waals surface area (Å²) in [6.07, 6.45) is -0.227. The van der Waals surface area contributed by atoms with Crippen LogP contribution >= 0.6 is 0 Å². The summed E-state index contributed by atoms with van der Waals surface area (Å²) < 4.78 is 22.3. The quantitative estimate of drug-likeness (QED) is 0.558. The van der Waals surface area contributed by atoms with E-state index in [1.54, 1.807) is 0 Å². The fourth-order valence-electron chi connectivity index (χ4n) is 1.02. The van der Waals surface area contributed by atoms with Crippen LogP contribution in [-0.2, 0) is 19.4 Å². The molecule has 6 heteroatoms.